The number of hydrogen-bond donors (Lipinski definition) is 2. The maximum absolute atomic E-state index is 12.2. The molecule has 0 radical (unpaired) electrons. The van der Waals surface area contributed by atoms with Crippen molar-refractivity contribution in [3.63, 3.8) is 0 Å². The van der Waals surface area contributed by atoms with E-state index >= 15 is 0 Å². The quantitative estimate of drug-likeness (QED) is 0.349. The van der Waals surface area contributed by atoms with Crippen LogP contribution in [0.5, 0.6) is 0 Å². The van der Waals surface area contributed by atoms with Gasteiger partial charge in [0.2, 0.25) is 5.82 Å². The lowest BCUT2D eigenvalue weighted by Crippen LogP contribution is -2.57. The van der Waals surface area contributed by atoms with Crippen molar-refractivity contribution in [1.82, 2.24) is 25.4 Å². The van der Waals surface area contributed by atoms with Crippen LogP contribution in [0.15, 0.2) is 27.8 Å². The van der Waals surface area contributed by atoms with Crippen molar-refractivity contribution in [3.8, 4) is 11.6 Å². The van der Waals surface area contributed by atoms with Gasteiger partial charge in [0.1, 0.15) is 5.82 Å². The van der Waals surface area contributed by atoms with E-state index < -0.39 is 14.6 Å². The Labute approximate surface area is 182 Å². The molecule has 3 heterocycles. The zero-order valence-electron chi connectivity index (χ0n) is 16.3. The summed E-state index contributed by atoms with van der Waals surface area (Å²) in [5.41, 5.74) is 0. The Bertz CT molecular complexity index is 892. The van der Waals surface area contributed by atoms with Gasteiger partial charge in [0.25, 0.3) is 0 Å². The Morgan fingerprint density at radius 3 is 2.89 bits per heavy atom. The SMILES string of the molecule is CCNC(=NCCc1nc(-c2ccco2)n[nH]1)N1CCS(=O)(=O)C(C)(C)C1.I. The molecule has 0 bridgehead atoms. The van der Waals surface area contributed by atoms with Crippen LogP contribution in [0.2, 0.25) is 0 Å². The summed E-state index contributed by atoms with van der Waals surface area (Å²) in [5.74, 6) is 2.73. The third-order valence-electron chi connectivity index (χ3n) is 4.56. The van der Waals surface area contributed by atoms with E-state index in [1.54, 1.807) is 32.2 Å². The maximum Gasteiger partial charge on any atom is 0.216 e. The largest absolute Gasteiger partial charge is 0.461 e. The molecule has 3 rings (SSSR count). The molecule has 1 fully saturated rings. The normalized spacial score (nSPS) is 18.5. The minimum Gasteiger partial charge on any atom is -0.461 e. The number of guanidine groups is 1. The van der Waals surface area contributed by atoms with Gasteiger partial charge in [0, 0.05) is 32.6 Å². The van der Waals surface area contributed by atoms with Gasteiger partial charge in [-0.05, 0) is 32.9 Å². The predicted molar refractivity (Wildman–Crippen MR) is 119 cm³/mol. The van der Waals surface area contributed by atoms with Crippen LogP contribution < -0.4 is 5.32 Å². The number of halogens is 1. The molecule has 2 aromatic rings. The monoisotopic (exact) mass is 522 g/mol. The lowest BCUT2D eigenvalue weighted by Gasteiger charge is -2.39. The van der Waals surface area contributed by atoms with E-state index in [1.165, 1.54) is 0 Å². The molecule has 1 aliphatic heterocycles. The molecule has 2 aromatic heterocycles. The van der Waals surface area contributed by atoms with E-state index in [9.17, 15) is 8.42 Å². The highest BCUT2D eigenvalue weighted by molar-refractivity contribution is 14.0. The second kappa shape index (κ2) is 9.25. The molecular weight excluding hydrogens is 495 g/mol. The Hall–Kier alpha value is -1.63. The number of aromatic amines is 1. The van der Waals surface area contributed by atoms with E-state index in [2.05, 4.69) is 25.5 Å². The van der Waals surface area contributed by atoms with Crippen molar-refractivity contribution >= 4 is 39.8 Å². The fourth-order valence-electron chi connectivity index (χ4n) is 2.94. The molecule has 0 amide bonds. The lowest BCUT2D eigenvalue weighted by molar-refractivity contribution is 0.353. The number of aliphatic imine (C=N–C) groups is 1. The van der Waals surface area contributed by atoms with Gasteiger partial charge in [0.15, 0.2) is 21.6 Å². The number of H-pyrrole nitrogens is 1. The topological polar surface area (TPSA) is 116 Å². The van der Waals surface area contributed by atoms with Crippen LogP contribution in [-0.2, 0) is 16.3 Å². The molecule has 0 aromatic carbocycles. The number of furan rings is 1. The zero-order chi connectivity index (χ0) is 19.5. The molecule has 2 N–H and O–H groups in total. The van der Waals surface area contributed by atoms with E-state index in [0.29, 0.717) is 44.2 Å². The van der Waals surface area contributed by atoms with Gasteiger partial charge in [0.05, 0.1) is 16.8 Å². The number of sulfone groups is 1. The number of rotatable bonds is 5. The standard InChI is InChI=1S/C17H26N6O3S.HI/c1-4-18-16(23-9-11-27(24,25)17(2,3)12-23)19-8-7-14-20-15(22-21-14)13-6-5-10-26-13;/h5-6,10H,4,7-9,11-12H2,1-3H3,(H,18,19)(H,20,21,22);1H. The Morgan fingerprint density at radius 1 is 1.46 bits per heavy atom. The molecule has 9 nitrogen and oxygen atoms in total. The number of aromatic nitrogens is 3. The summed E-state index contributed by atoms with van der Waals surface area (Å²) in [7, 11) is -3.08. The molecule has 0 saturated carbocycles. The summed E-state index contributed by atoms with van der Waals surface area (Å²) >= 11 is 0. The minimum atomic E-state index is -3.08. The van der Waals surface area contributed by atoms with E-state index in [-0.39, 0.29) is 29.7 Å². The number of nitrogens with zero attached hydrogens (tertiary/aromatic N) is 4. The first kappa shape index (κ1) is 22.7. The molecule has 11 heteroatoms. The second-order valence-corrected chi connectivity index (χ2v) is 9.81. The van der Waals surface area contributed by atoms with Crippen LogP contribution in [0.4, 0.5) is 0 Å². The van der Waals surface area contributed by atoms with Crippen LogP contribution in [0, 0.1) is 0 Å². The van der Waals surface area contributed by atoms with Gasteiger partial charge in [-0.1, -0.05) is 0 Å². The summed E-state index contributed by atoms with van der Waals surface area (Å²) in [5, 5.41) is 10.3. The first-order valence-electron chi connectivity index (χ1n) is 9.03. The molecule has 156 valence electrons. The smallest absolute Gasteiger partial charge is 0.216 e. The highest BCUT2D eigenvalue weighted by Crippen LogP contribution is 2.23. The number of nitrogens with one attached hydrogen (secondary N) is 2. The summed E-state index contributed by atoms with van der Waals surface area (Å²) < 4.78 is 28.9. The van der Waals surface area contributed by atoms with Crippen LogP contribution in [-0.4, -0.2) is 71.1 Å². The van der Waals surface area contributed by atoms with Gasteiger partial charge in [-0.3, -0.25) is 10.1 Å². The predicted octanol–water partition coefficient (Wildman–Crippen LogP) is 1.70. The first-order chi connectivity index (χ1) is 12.8. The van der Waals surface area contributed by atoms with Crippen LogP contribution in [0.1, 0.15) is 26.6 Å². The van der Waals surface area contributed by atoms with Crippen molar-refractivity contribution < 1.29 is 12.8 Å². The highest BCUT2D eigenvalue weighted by Gasteiger charge is 2.40. The molecule has 0 spiro atoms. The van der Waals surface area contributed by atoms with Gasteiger partial charge >= 0.3 is 0 Å². The molecule has 0 unspecified atom stereocenters. The molecule has 28 heavy (non-hydrogen) atoms. The van der Waals surface area contributed by atoms with E-state index in [1.807, 2.05) is 11.8 Å². The average Bonchev–Trinajstić information content (AvgIpc) is 3.28. The Balaban J connectivity index is 0.00000280. The van der Waals surface area contributed by atoms with E-state index in [4.69, 9.17) is 4.42 Å². The van der Waals surface area contributed by atoms with Crippen LogP contribution >= 0.6 is 24.0 Å². The highest BCUT2D eigenvalue weighted by atomic mass is 127. The summed E-state index contributed by atoms with van der Waals surface area (Å²) in [6.07, 6.45) is 2.18. The molecule has 0 aliphatic carbocycles. The molecule has 1 aliphatic rings. The van der Waals surface area contributed by atoms with Gasteiger partial charge in [-0.15, -0.1) is 24.0 Å². The summed E-state index contributed by atoms with van der Waals surface area (Å²) in [6.45, 7) is 7.62. The van der Waals surface area contributed by atoms with E-state index in [0.717, 1.165) is 11.8 Å². The Kier molecular flexibility index (Phi) is 7.48. The minimum absolute atomic E-state index is 0. The van der Waals surface area contributed by atoms with Crippen molar-refractivity contribution in [2.75, 3.05) is 31.9 Å². The lowest BCUT2D eigenvalue weighted by atomic mass is 10.2. The molecule has 1 saturated heterocycles. The third kappa shape index (κ3) is 5.04. The molecular formula is C17H27IN6O3S. The van der Waals surface area contributed by atoms with Crippen molar-refractivity contribution in [3.05, 3.63) is 24.2 Å². The van der Waals surface area contributed by atoms with Crippen molar-refractivity contribution in [2.45, 2.75) is 31.9 Å². The zero-order valence-corrected chi connectivity index (χ0v) is 19.5. The average molecular weight is 522 g/mol. The van der Waals surface area contributed by atoms with Gasteiger partial charge in [-0.2, -0.15) is 5.10 Å². The third-order valence-corrected chi connectivity index (χ3v) is 7.09. The van der Waals surface area contributed by atoms with Crippen molar-refractivity contribution in [1.29, 1.82) is 0 Å². The Morgan fingerprint density at radius 2 is 2.25 bits per heavy atom. The van der Waals surface area contributed by atoms with Gasteiger partial charge in [-0.25, -0.2) is 13.4 Å². The fraction of sp³-hybridized carbons (Fsp3) is 0.588. The number of hydrogen-bond acceptors (Lipinski definition) is 6. The maximum atomic E-state index is 12.2. The van der Waals surface area contributed by atoms with Gasteiger partial charge < -0.3 is 14.6 Å². The second-order valence-electron chi connectivity index (χ2n) is 7.07. The fourth-order valence-corrected chi connectivity index (χ4v) is 4.31. The first-order valence-corrected chi connectivity index (χ1v) is 10.7. The summed E-state index contributed by atoms with van der Waals surface area (Å²) in [6, 6.07) is 3.60. The van der Waals surface area contributed by atoms with Crippen LogP contribution in [0.3, 0.4) is 0 Å². The van der Waals surface area contributed by atoms with Crippen molar-refractivity contribution in [2.24, 2.45) is 4.99 Å². The summed E-state index contributed by atoms with van der Waals surface area (Å²) in [4.78, 5) is 11.1. The van der Waals surface area contributed by atoms with Crippen LogP contribution in [0.25, 0.3) is 11.6 Å². The molecule has 0 atom stereocenters.